The van der Waals surface area contributed by atoms with Crippen LogP contribution in [0.1, 0.15) is 21.5 Å². The van der Waals surface area contributed by atoms with Gasteiger partial charge in [0.1, 0.15) is 0 Å². The summed E-state index contributed by atoms with van der Waals surface area (Å²) in [4.78, 5) is 16.9. The number of hydrogen-bond acceptors (Lipinski definition) is 3. The van der Waals surface area contributed by atoms with Crippen LogP contribution in [0.15, 0.2) is 54.6 Å². The summed E-state index contributed by atoms with van der Waals surface area (Å²) in [5.74, 6) is 0.118. The summed E-state index contributed by atoms with van der Waals surface area (Å²) in [6.07, 6.45) is 0. The first-order valence-electron chi connectivity index (χ1n) is 8.11. The first kappa shape index (κ1) is 15.7. The third kappa shape index (κ3) is 3.97. The Labute approximate surface area is 137 Å². The van der Waals surface area contributed by atoms with Gasteiger partial charge in [-0.05, 0) is 23.3 Å². The van der Waals surface area contributed by atoms with E-state index in [9.17, 15) is 4.79 Å². The largest absolute Gasteiger partial charge is 0.336 e. The molecule has 0 aliphatic carbocycles. The summed E-state index contributed by atoms with van der Waals surface area (Å²) in [6.45, 7) is 4.86. The fraction of sp³-hybridized carbons (Fsp3) is 0.316. The molecule has 1 fully saturated rings. The molecule has 2 aromatic rings. The summed E-state index contributed by atoms with van der Waals surface area (Å²) in [5.41, 5.74) is 8.72. The van der Waals surface area contributed by atoms with E-state index in [1.54, 1.807) is 0 Å². The van der Waals surface area contributed by atoms with Gasteiger partial charge in [0, 0.05) is 44.8 Å². The fourth-order valence-corrected chi connectivity index (χ4v) is 2.92. The number of rotatable bonds is 4. The first-order chi connectivity index (χ1) is 11.3. The molecule has 1 amide bonds. The quantitative estimate of drug-likeness (QED) is 0.941. The Morgan fingerprint density at radius 2 is 1.52 bits per heavy atom. The molecule has 0 spiro atoms. The van der Waals surface area contributed by atoms with Crippen LogP contribution in [-0.4, -0.2) is 41.9 Å². The van der Waals surface area contributed by atoms with Gasteiger partial charge in [-0.1, -0.05) is 42.5 Å². The van der Waals surface area contributed by atoms with Gasteiger partial charge in [-0.2, -0.15) is 0 Å². The van der Waals surface area contributed by atoms with Gasteiger partial charge >= 0.3 is 0 Å². The normalized spacial score (nSPS) is 15.6. The molecule has 1 heterocycles. The highest BCUT2D eigenvalue weighted by molar-refractivity contribution is 5.94. The molecular formula is C19H23N3O. The van der Waals surface area contributed by atoms with Crippen molar-refractivity contribution >= 4 is 5.91 Å². The van der Waals surface area contributed by atoms with Crippen molar-refractivity contribution in [2.45, 2.75) is 13.1 Å². The van der Waals surface area contributed by atoms with E-state index in [-0.39, 0.29) is 5.91 Å². The topological polar surface area (TPSA) is 49.6 Å². The minimum Gasteiger partial charge on any atom is -0.336 e. The van der Waals surface area contributed by atoms with E-state index in [0.29, 0.717) is 6.54 Å². The molecule has 23 heavy (non-hydrogen) atoms. The van der Waals surface area contributed by atoms with Crippen LogP contribution < -0.4 is 5.73 Å². The second-order valence-electron chi connectivity index (χ2n) is 5.95. The van der Waals surface area contributed by atoms with E-state index in [1.807, 2.05) is 35.2 Å². The van der Waals surface area contributed by atoms with Crippen LogP contribution in [0, 0.1) is 0 Å². The van der Waals surface area contributed by atoms with Crippen molar-refractivity contribution in [2.24, 2.45) is 5.73 Å². The van der Waals surface area contributed by atoms with Crippen LogP contribution in [0.2, 0.25) is 0 Å². The first-order valence-corrected chi connectivity index (χ1v) is 8.11. The van der Waals surface area contributed by atoms with Gasteiger partial charge in [0.05, 0.1) is 0 Å². The zero-order valence-corrected chi connectivity index (χ0v) is 13.3. The van der Waals surface area contributed by atoms with Crippen LogP contribution in [0.5, 0.6) is 0 Å². The lowest BCUT2D eigenvalue weighted by molar-refractivity contribution is 0.0628. The number of amides is 1. The highest BCUT2D eigenvalue weighted by atomic mass is 16.2. The van der Waals surface area contributed by atoms with Crippen molar-refractivity contribution in [3.8, 4) is 0 Å². The maximum atomic E-state index is 12.5. The molecule has 1 aliphatic rings. The van der Waals surface area contributed by atoms with Crippen molar-refractivity contribution in [1.82, 2.24) is 9.80 Å². The molecule has 2 N–H and O–H groups in total. The van der Waals surface area contributed by atoms with Crippen molar-refractivity contribution in [3.63, 3.8) is 0 Å². The minimum absolute atomic E-state index is 0.118. The van der Waals surface area contributed by atoms with Crippen LogP contribution in [-0.2, 0) is 13.1 Å². The van der Waals surface area contributed by atoms with Crippen LogP contribution >= 0.6 is 0 Å². The van der Waals surface area contributed by atoms with E-state index >= 15 is 0 Å². The second-order valence-corrected chi connectivity index (χ2v) is 5.95. The predicted molar refractivity (Wildman–Crippen MR) is 92.0 cm³/mol. The molecule has 0 saturated carbocycles. The number of nitrogens with two attached hydrogens (primary N) is 1. The van der Waals surface area contributed by atoms with E-state index in [1.165, 1.54) is 5.56 Å². The molecule has 0 bridgehead atoms. The lowest BCUT2D eigenvalue weighted by Crippen LogP contribution is -2.48. The lowest BCUT2D eigenvalue weighted by Gasteiger charge is -2.34. The number of benzene rings is 2. The Hall–Kier alpha value is -2.17. The summed E-state index contributed by atoms with van der Waals surface area (Å²) >= 11 is 0. The SMILES string of the molecule is NCc1ccc(C(=O)N2CCN(Cc3ccccc3)CC2)cc1. The third-order valence-corrected chi connectivity index (χ3v) is 4.35. The molecule has 2 aromatic carbocycles. The van der Waals surface area contributed by atoms with Crippen molar-refractivity contribution in [2.75, 3.05) is 26.2 Å². The highest BCUT2D eigenvalue weighted by Crippen LogP contribution is 2.12. The maximum Gasteiger partial charge on any atom is 0.253 e. The zero-order valence-electron chi connectivity index (χ0n) is 13.3. The number of hydrogen-bond donors (Lipinski definition) is 1. The summed E-state index contributed by atoms with van der Waals surface area (Å²) in [5, 5.41) is 0. The third-order valence-electron chi connectivity index (χ3n) is 4.35. The zero-order chi connectivity index (χ0) is 16.1. The lowest BCUT2D eigenvalue weighted by atomic mass is 10.1. The number of carbonyl (C=O) groups excluding carboxylic acids is 1. The predicted octanol–water partition coefficient (Wildman–Crippen LogP) is 2.10. The molecule has 1 aliphatic heterocycles. The van der Waals surface area contributed by atoms with E-state index < -0.39 is 0 Å². The molecule has 0 aromatic heterocycles. The molecule has 0 radical (unpaired) electrons. The Balaban J connectivity index is 1.54. The Bertz CT molecular complexity index is 631. The average Bonchev–Trinajstić information content (AvgIpc) is 2.63. The molecule has 1 saturated heterocycles. The van der Waals surface area contributed by atoms with Gasteiger partial charge in [0.25, 0.3) is 5.91 Å². The Morgan fingerprint density at radius 3 is 2.13 bits per heavy atom. The second kappa shape index (κ2) is 7.40. The van der Waals surface area contributed by atoms with Gasteiger partial charge in [-0.25, -0.2) is 0 Å². The Morgan fingerprint density at radius 1 is 0.870 bits per heavy atom. The van der Waals surface area contributed by atoms with Crippen molar-refractivity contribution in [1.29, 1.82) is 0 Å². The fourth-order valence-electron chi connectivity index (χ4n) is 2.92. The summed E-state index contributed by atoms with van der Waals surface area (Å²) in [7, 11) is 0. The van der Waals surface area contributed by atoms with E-state index in [4.69, 9.17) is 5.73 Å². The van der Waals surface area contributed by atoms with Crippen LogP contribution in [0.3, 0.4) is 0 Å². The molecular weight excluding hydrogens is 286 g/mol. The maximum absolute atomic E-state index is 12.5. The standard InChI is InChI=1S/C19H23N3O/c20-14-16-6-8-18(9-7-16)19(23)22-12-10-21(11-13-22)15-17-4-2-1-3-5-17/h1-9H,10-15,20H2. The smallest absolute Gasteiger partial charge is 0.253 e. The van der Waals surface area contributed by atoms with Gasteiger partial charge in [0.2, 0.25) is 0 Å². The average molecular weight is 309 g/mol. The van der Waals surface area contributed by atoms with Crippen LogP contribution in [0.25, 0.3) is 0 Å². The monoisotopic (exact) mass is 309 g/mol. The molecule has 3 rings (SSSR count). The summed E-state index contributed by atoms with van der Waals surface area (Å²) in [6, 6.07) is 18.1. The van der Waals surface area contributed by atoms with Crippen molar-refractivity contribution in [3.05, 3.63) is 71.3 Å². The highest BCUT2D eigenvalue weighted by Gasteiger charge is 2.22. The van der Waals surface area contributed by atoms with E-state index in [2.05, 4.69) is 29.2 Å². The minimum atomic E-state index is 0.118. The van der Waals surface area contributed by atoms with Gasteiger partial charge in [-0.15, -0.1) is 0 Å². The number of piperazine rings is 1. The number of carbonyl (C=O) groups is 1. The molecule has 4 heteroatoms. The molecule has 120 valence electrons. The molecule has 0 unspecified atom stereocenters. The Kier molecular flexibility index (Phi) is 5.05. The molecule has 0 atom stereocenters. The van der Waals surface area contributed by atoms with Crippen molar-refractivity contribution < 1.29 is 4.79 Å². The van der Waals surface area contributed by atoms with Crippen LogP contribution in [0.4, 0.5) is 0 Å². The van der Waals surface area contributed by atoms with Gasteiger partial charge in [-0.3, -0.25) is 9.69 Å². The van der Waals surface area contributed by atoms with Gasteiger partial charge < -0.3 is 10.6 Å². The summed E-state index contributed by atoms with van der Waals surface area (Å²) < 4.78 is 0. The van der Waals surface area contributed by atoms with Gasteiger partial charge in [0.15, 0.2) is 0 Å². The molecule has 4 nitrogen and oxygen atoms in total. The van der Waals surface area contributed by atoms with E-state index in [0.717, 1.165) is 43.9 Å². The number of nitrogens with zero attached hydrogens (tertiary/aromatic N) is 2.